The van der Waals surface area contributed by atoms with E-state index in [-0.39, 0.29) is 12.0 Å². The number of benzene rings is 1. The Labute approximate surface area is 90.3 Å². The second-order valence-electron chi connectivity index (χ2n) is 3.88. The van der Waals surface area contributed by atoms with Gasteiger partial charge in [-0.25, -0.2) is 4.39 Å². The predicted octanol–water partition coefficient (Wildman–Crippen LogP) is 1.25. The molecule has 0 saturated heterocycles. The van der Waals surface area contributed by atoms with Crippen molar-refractivity contribution in [3.8, 4) is 0 Å². The number of carboxylic acids is 2. The second kappa shape index (κ2) is 3.30. The molecule has 4 nitrogen and oxygen atoms in total. The second-order valence-corrected chi connectivity index (χ2v) is 3.88. The largest absolute Gasteiger partial charge is 0.481 e. The van der Waals surface area contributed by atoms with Gasteiger partial charge in [0, 0.05) is 0 Å². The molecule has 2 atom stereocenters. The maximum atomic E-state index is 13.0. The first-order valence-corrected chi connectivity index (χ1v) is 4.70. The van der Waals surface area contributed by atoms with Gasteiger partial charge in [-0.05, 0) is 24.1 Å². The van der Waals surface area contributed by atoms with Crippen molar-refractivity contribution in [2.75, 3.05) is 0 Å². The van der Waals surface area contributed by atoms with E-state index in [4.69, 9.17) is 10.2 Å². The lowest BCUT2D eigenvalue weighted by atomic mass is 9.93. The predicted molar refractivity (Wildman–Crippen MR) is 51.5 cm³/mol. The highest BCUT2D eigenvalue weighted by atomic mass is 19.1. The lowest BCUT2D eigenvalue weighted by Gasteiger charge is -2.11. The van der Waals surface area contributed by atoms with E-state index in [1.807, 2.05) is 0 Å². The summed E-state index contributed by atoms with van der Waals surface area (Å²) in [6, 6.07) is 5.10. The first-order chi connectivity index (χ1) is 7.48. The molecule has 5 heteroatoms. The van der Waals surface area contributed by atoms with Crippen LogP contribution in [0.2, 0.25) is 0 Å². The smallest absolute Gasteiger partial charge is 0.315 e. The molecule has 2 N–H and O–H groups in total. The van der Waals surface area contributed by atoms with Gasteiger partial charge in [-0.2, -0.15) is 0 Å². The van der Waals surface area contributed by atoms with E-state index in [9.17, 15) is 14.0 Å². The van der Waals surface area contributed by atoms with Crippen LogP contribution in [0.3, 0.4) is 0 Å². The molecule has 1 aromatic rings. The van der Waals surface area contributed by atoms with E-state index in [2.05, 4.69) is 0 Å². The Morgan fingerprint density at radius 2 is 2.06 bits per heavy atom. The molecule has 84 valence electrons. The molecule has 0 heterocycles. The molecule has 0 radical (unpaired) electrons. The van der Waals surface area contributed by atoms with Gasteiger partial charge in [0.1, 0.15) is 11.2 Å². The Balaban J connectivity index is 2.44. The SMILES string of the molecule is O=C(O)C1CC1(C(=O)O)c1cccc(F)c1. The zero-order chi connectivity index (χ0) is 11.9. The highest BCUT2D eigenvalue weighted by Gasteiger charge is 2.65. The number of hydrogen-bond donors (Lipinski definition) is 2. The first kappa shape index (κ1) is 10.6. The van der Waals surface area contributed by atoms with Crippen molar-refractivity contribution in [2.45, 2.75) is 11.8 Å². The molecule has 0 aliphatic heterocycles. The van der Waals surface area contributed by atoms with Crippen LogP contribution in [-0.2, 0) is 15.0 Å². The van der Waals surface area contributed by atoms with Crippen LogP contribution in [0.5, 0.6) is 0 Å². The molecular formula is C11H9FO4. The van der Waals surface area contributed by atoms with E-state index in [0.29, 0.717) is 0 Å². The first-order valence-electron chi connectivity index (χ1n) is 4.70. The summed E-state index contributed by atoms with van der Waals surface area (Å²) in [5, 5.41) is 17.9. The monoisotopic (exact) mass is 224 g/mol. The van der Waals surface area contributed by atoms with Crippen molar-refractivity contribution >= 4 is 11.9 Å². The molecule has 1 aromatic carbocycles. The minimum absolute atomic E-state index is 0.0150. The van der Waals surface area contributed by atoms with Crippen LogP contribution in [0.1, 0.15) is 12.0 Å². The van der Waals surface area contributed by atoms with Gasteiger partial charge >= 0.3 is 11.9 Å². The number of carboxylic acid groups (broad SMARTS) is 2. The fourth-order valence-electron chi connectivity index (χ4n) is 2.01. The van der Waals surface area contributed by atoms with Gasteiger partial charge < -0.3 is 10.2 Å². The Kier molecular flexibility index (Phi) is 2.18. The van der Waals surface area contributed by atoms with Crippen molar-refractivity contribution < 1.29 is 24.2 Å². The van der Waals surface area contributed by atoms with Gasteiger partial charge in [-0.15, -0.1) is 0 Å². The van der Waals surface area contributed by atoms with Crippen molar-refractivity contribution in [3.63, 3.8) is 0 Å². The lowest BCUT2D eigenvalue weighted by molar-refractivity contribution is -0.145. The van der Waals surface area contributed by atoms with Crippen LogP contribution in [-0.4, -0.2) is 22.2 Å². The summed E-state index contributed by atoms with van der Waals surface area (Å²) in [4.78, 5) is 21.9. The van der Waals surface area contributed by atoms with E-state index in [0.717, 1.165) is 6.07 Å². The standard InChI is InChI=1S/C11H9FO4/c12-7-3-1-2-6(4-7)11(10(15)16)5-8(11)9(13)14/h1-4,8H,5H2,(H,13,14)(H,15,16). The quantitative estimate of drug-likeness (QED) is 0.810. The maximum Gasteiger partial charge on any atom is 0.315 e. The van der Waals surface area contributed by atoms with Gasteiger partial charge in [0.2, 0.25) is 0 Å². The summed E-state index contributed by atoms with van der Waals surface area (Å²) < 4.78 is 13.0. The van der Waals surface area contributed by atoms with Gasteiger partial charge in [-0.1, -0.05) is 12.1 Å². The Bertz CT molecular complexity index is 471. The number of rotatable bonds is 3. The molecule has 0 aromatic heterocycles. The zero-order valence-electron chi connectivity index (χ0n) is 8.18. The Hall–Kier alpha value is -1.91. The molecule has 1 fully saturated rings. The molecular weight excluding hydrogens is 215 g/mol. The highest BCUT2D eigenvalue weighted by molar-refractivity contribution is 5.94. The molecule has 0 bridgehead atoms. The average Bonchev–Trinajstić information content (AvgIpc) is 2.93. The van der Waals surface area contributed by atoms with Crippen molar-refractivity contribution in [1.29, 1.82) is 0 Å². The minimum atomic E-state index is -1.45. The topological polar surface area (TPSA) is 74.6 Å². The molecule has 2 unspecified atom stereocenters. The van der Waals surface area contributed by atoms with Crippen LogP contribution < -0.4 is 0 Å². The molecule has 2 rings (SSSR count). The summed E-state index contributed by atoms with van der Waals surface area (Å²) in [5.74, 6) is -3.90. The highest BCUT2D eigenvalue weighted by Crippen LogP contribution is 2.54. The van der Waals surface area contributed by atoms with Gasteiger partial charge in [-0.3, -0.25) is 9.59 Å². The summed E-state index contributed by atoms with van der Waals surface area (Å²) in [5.41, 5.74) is -1.24. The third kappa shape index (κ3) is 1.36. The Morgan fingerprint density at radius 3 is 2.50 bits per heavy atom. The van der Waals surface area contributed by atoms with E-state index in [1.54, 1.807) is 0 Å². The molecule has 1 aliphatic carbocycles. The van der Waals surface area contributed by atoms with Gasteiger partial charge in [0.25, 0.3) is 0 Å². The van der Waals surface area contributed by atoms with Crippen LogP contribution >= 0.6 is 0 Å². The Morgan fingerprint density at radius 1 is 1.38 bits per heavy atom. The van der Waals surface area contributed by atoms with Crippen LogP contribution in [0.25, 0.3) is 0 Å². The molecule has 1 saturated carbocycles. The number of carbonyl (C=O) groups is 2. The van der Waals surface area contributed by atoms with Gasteiger partial charge in [0.15, 0.2) is 0 Å². The minimum Gasteiger partial charge on any atom is -0.481 e. The van der Waals surface area contributed by atoms with Gasteiger partial charge in [0.05, 0.1) is 5.92 Å². The zero-order valence-corrected chi connectivity index (χ0v) is 8.18. The van der Waals surface area contributed by atoms with Crippen molar-refractivity contribution in [2.24, 2.45) is 5.92 Å². The fraction of sp³-hybridized carbons (Fsp3) is 0.273. The normalized spacial score (nSPS) is 27.4. The summed E-state index contributed by atoms with van der Waals surface area (Å²) in [7, 11) is 0. The molecule has 0 amide bonds. The summed E-state index contributed by atoms with van der Waals surface area (Å²) in [6.07, 6.45) is 0.0150. The van der Waals surface area contributed by atoms with Crippen LogP contribution in [0, 0.1) is 11.7 Å². The number of hydrogen-bond acceptors (Lipinski definition) is 2. The third-order valence-corrected chi connectivity index (χ3v) is 2.98. The molecule has 1 aliphatic rings. The molecule has 0 spiro atoms. The van der Waals surface area contributed by atoms with Crippen LogP contribution in [0.15, 0.2) is 24.3 Å². The maximum absolute atomic E-state index is 13.0. The number of halogens is 1. The van der Waals surface area contributed by atoms with E-state index in [1.165, 1.54) is 18.2 Å². The van der Waals surface area contributed by atoms with E-state index < -0.39 is 29.1 Å². The lowest BCUT2D eigenvalue weighted by Crippen LogP contribution is -2.25. The van der Waals surface area contributed by atoms with E-state index >= 15 is 0 Å². The number of aliphatic carboxylic acids is 2. The third-order valence-electron chi connectivity index (χ3n) is 2.98. The molecule has 16 heavy (non-hydrogen) atoms. The summed E-state index contributed by atoms with van der Waals surface area (Å²) >= 11 is 0. The van der Waals surface area contributed by atoms with Crippen molar-refractivity contribution in [1.82, 2.24) is 0 Å². The van der Waals surface area contributed by atoms with Crippen LogP contribution in [0.4, 0.5) is 4.39 Å². The summed E-state index contributed by atoms with van der Waals surface area (Å²) in [6.45, 7) is 0. The fourth-order valence-corrected chi connectivity index (χ4v) is 2.01. The average molecular weight is 224 g/mol. The van der Waals surface area contributed by atoms with Crippen molar-refractivity contribution in [3.05, 3.63) is 35.6 Å².